The number of nitrogens with one attached hydrogen (secondary N) is 1. The number of carbonyl (C=O) groups excluding carboxylic acids is 1. The summed E-state index contributed by atoms with van der Waals surface area (Å²) in [6.45, 7) is 5.24. The topological polar surface area (TPSA) is 61.6 Å². The molecule has 2 aliphatic heterocycles. The van der Waals surface area contributed by atoms with Gasteiger partial charge in [-0.2, -0.15) is 0 Å². The average molecular weight is 254 g/mol. The Kier molecular flexibility index (Phi) is 4.97. The molecule has 2 atom stereocenters. The van der Waals surface area contributed by atoms with E-state index in [2.05, 4.69) is 15.1 Å². The van der Waals surface area contributed by atoms with Gasteiger partial charge in [0.15, 0.2) is 0 Å². The van der Waals surface area contributed by atoms with E-state index in [4.69, 9.17) is 5.73 Å². The molecular formula is C13H26N4O. The number of hydrogen-bond donors (Lipinski definition) is 2. The van der Waals surface area contributed by atoms with E-state index in [9.17, 15) is 4.79 Å². The van der Waals surface area contributed by atoms with Gasteiger partial charge in [-0.15, -0.1) is 0 Å². The van der Waals surface area contributed by atoms with Gasteiger partial charge < -0.3 is 11.1 Å². The van der Waals surface area contributed by atoms with E-state index >= 15 is 0 Å². The zero-order valence-electron chi connectivity index (χ0n) is 11.4. The maximum atomic E-state index is 11.5. The van der Waals surface area contributed by atoms with Crippen LogP contribution < -0.4 is 11.1 Å². The molecule has 2 rings (SSSR count). The number of likely N-dealkylation sites (tertiary alicyclic amines) is 2. The van der Waals surface area contributed by atoms with Gasteiger partial charge in [0.2, 0.25) is 5.91 Å². The quantitative estimate of drug-likeness (QED) is 0.702. The summed E-state index contributed by atoms with van der Waals surface area (Å²) in [6, 6.07) is 0.892. The molecule has 0 radical (unpaired) electrons. The molecule has 2 fully saturated rings. The molecular weight excluding hydrogens is 228 g/mol. The summed E-state index contributed by atoms with van der Waals surface area (Å²) in [7, 11) is 1.69. The van der Waals surface area contributed by atoms with Crippen LogP contribution in [-0.4, -0.2) is 67.6 Å². The van der Waals surface area contributed by atoms with E-state index in [1.165, 1.54) is 32.4 Å². The number of rotatable bonds is 5. The third-order valence-electron chi connectivity index (χ3n) is 4.34. The van der Waals surface area contributed by atoms with Gasteiger partial charge in [0.25, 0.3) is 0 Å². The predicted molar refractivity (Wildman–Crippen MR) is 72.3 cm³/mol. The fourth-order valence-corrected chi connectivity index (χ4v) is 3.18. The summed E-state index contributed by atoms with van der Waals surface area (Å²) in [4.78, 5) is 16.5. The third-order valence-corrected chi connectivity index (χ3v) is 4.34. The highest BCUT2D eigenvalue weighted by Crippen LogP contribution is 2.22. The Morgan fingerprint density at radius 1 is 1.39 bits per heavy atom. The lowest BCUT2D eigenvalue weighted by Gasteiger charge is -2.28. The summed E-state index contributed by atoms with van der Waals surface area (Å²) in [5.41, 5.74) is 5.82. The first-order valence-electron chi connectivity index (χ1n) is 7.13. The Morgan fingerprint density at radius 2 is 2.11 bits per heavy atom. The second-order valence-corrected chi connectivity index (χ2v) is 5.45. The Balaban J connectivity index is 1.83. The van der Waals surface area contributed by atoms with Crippen LogP contribution in [0.2, 0.25) is 0 Å². The molecule has 2 unspecified atom stereocenters. The van der Waals surface area contributed by atoms with Crippen LogP contribution >= 0.6 is 0 Å². The molecule has 2 heterocycles. The molecule has 104 valence electrons. The van der Waals surface area contributed by atoms with E-state index in [0.717, 1.165) is 13.1 Å². The van der Waals surface area contributed by atoms with Crippen molar-refractivity contribution in [2.24, 2.45) is 5.73 Å². The van der Waals surface area contributed by atoms with E-state index < -0.39 is 0 Å². The van der Waals surface area contributed by atoms with Gasteiger partial charge in [-0.3, -0.25) is 14.6 Å². The molecule has 0 aliphatic carbocycles. The van der Waals surface area contributed by atoms with Crippen molar-refractivity contribution in [3.8, 4) is 0 Å². The largest absolute Gasteiger partial charge is 0.359 e. The molecule has 5 heteroatoms. The van der Waals surface area contributed by atoms with E-state index in [1.54, 1.807) is 7.05 Å². The Morgan fingerprint density at radius 3 is 2.72 bits per heavy atom. The zero-order chi connectivity index (χ0) is 13.0. The van der Waals surface area contributed by atoms with Crippen molar-refractivity contribution in [1.29, 1.82) is 0 Å². The fourth-order valence-electron chi connectivity index (χ4n) is 3.18. The zero-order valence-corrected chi connectivity index (χ0v) is 11.4. The molecule has 0 aromatic heterocycles. The highest BCUT2D eigenvalue weighted by atomic mass is 16.1. The molecule has 2 aliphatic rings. The van der Waals surface area contributed by atoms with Crippen LogP contribution in [0.3, 0.4) is 0 Å². The molecule has 5 nitrogen and oxygen atoms in total. The normalized spacial score (nSPS) is 27.6. The SMILES string of the molecule is CNC(=O)CC(CN)N1CCC(N2CCCC2)C1. The number of carbonyl (C=O) groups is 1. The van der Waals surface area contributed by atoms with Crippen molar-refractivity contribution >= 4 is 5.91 Å². The van der Waals surface area contributed by atoms with Crippen molar-refractivity contribution in [2.45, 2.75) is 37.8 Å². The second-order valence-electron chi connectivity index (χ2n) is 5.45. The lowest BCUT2D eigenvalue weighted by molar-refractivity contribution is -0.121. The van der Waals surface area contributed by atoms with Gasteiger partial charge >= 0.3 is 0 Å². The first-order chi connectivity index (χ1) is 8.74. The highest BCUT2D eigenvalue weighted by molar-refractivity contribution is 5.76. The monoisotopic (exact) mass is 254 g/mol. The maximum Gasteiger partial charge on any atom is 0.221 e. The van der Waals surface area contributed by atoms with Gasteiger partial charge in [0.05, 0.1) is 0 Å². The molecule has 0 aromatic rings. The molecule has 2 saturated heterocycles. The lowest BCUT2D eigenvalue weighted by atomic mass is 10.1. The Labute approximate surface area is 110 Å². The first kappa shape index (κ1) is 13.8. The number of amides is 1. The van der Waals surface area contributed by atoms with Crippen LogP contribution in [0, 0.1) is 0 Å². The minimum absolute atomic E-state index is 0.0927. The van der Waals surface area contributed by atoms with Crippen LogP contribution in [0.25, 0.3) is 0 Å². The predicted octanol–water partition coefficient (Wildman–Crippen LogP) is -0.380. The number of hydrogen-bond acceptors (Lipinski definition) is 4. The molecule has 3 N–H and O–H groups in total. The number of nitrogens with two attached hydrogens (primary N) is 1. The molecule has 0 aromatic carbocycles. The molecule has 0 bridgehead atoms. The molecule has 0 spiro atoms. The highest BCUT2D eigenvalue weighted by Gasteiger charge is 2.32. The van der Waals surface area contributed by atoms with Gasteiger partial charge in [0, 0.05) is 45.2 Å². The van der Waals surface area contributed by atoms with Gasteiger partial charge in [0.1, 0.15) is 0 Å². The molecule has 1 amide bonds. The van der Waals surface area contributed by atoms with Crippen molar-refractivity contribution in [1.82, 2.24) is 15.1 Å². The standard InChI is InChI=1S/C13H26N4O/c1-15-13(18)8-12(9-14)17-7-4-11(10-17)16-5-2-3-6-16/h11-12H,2-10,14H2,1H3,(H,15,18). The minimum Gasteiger partial charge on any atom is -0.359 e. The first-order valence-corrected chi connectivity index (χ1v) is 7.13. The van der Waals surface area contributed by atoms with Crippen LogP contribution in [0.15, 0.2) is 0 Å². The van der Waals surface area contributed by atoms with Crippen molar-refractivity contribution in [2.75, 3.05) is 39.8 Å². The Hall–Kier alpha value is -0.650. The average Bonchev–Trinajstić information content (AvgIpc) is 3.05. The van der Waals surface area contributed by atoms with Gasteiger partial charge in [-0.25, -0.2) is 0 Å². The Bertz CT molecular complexity index is 278. The third kappa shape index (κ3) is 3.22. The lowest BCUT2D eigenvalue weighted by Crippen LogP contribution is -2.44. The molecule has 0 saturated carbocycles. The summed E-state index contributed by atoms with van der Waals surface area (Å²) in [5.74, 6) is 0.0927. The summed E-state index contributed by atoms with van der Waals surface area (Å²) >= 11 is 0. The van der Waals surface area contributed by atoms with Crippen LogP contribution in [0.1, 0.15) is 25.7 Å². The minimum atomic E-state index is 0.0927. The van der Waals surface area contributed by atoms with Crippen LogP contribution in [0.4, 0.5) is 0 Å². The fraction of sp³-hybridized carbons (Fsp3) is 0.923. The van der Waals surface area contributed by atoms with Crippen molar-refractivity contribution < 1.29 is 4.79 Å². The van der Waals surface area contributed by atoms with Crippen LogP contribution in [0.5, 0.6) is 0 Å². The van der Waals surface area contributed by atoms with Crippen molar-refractivity contribution in [3.63, 3.8) is 0 Å². The smallest absolute Gasteiger partial charge is 0.221 e. The van der Waals surface area contributed by atoms with E-state index in [0.29, 0.717) is 19.0 Å². The van der Waals surface area contributed by atoms with Crippen molar-refractivity contribution in [3.05, 3.63) is 0 Å². The molecule has 18 heavy (non-hydrogen) atoms. The van der Waals surface area contributed by atoms with Gasteiger partial charge in [-0.05, 0) is 32.4 Å². The van der Waals surface area contributed by atoms with E-state index in [-0.39, 0.29) is 11.9 Å². The van der Waals surface area contributed by atoms with Gasteiger partial charge in [-0.1, -0.05) is 0 Å². The second kappa shape index (κ2) is 6.50. The van der Waals surface area contributed by atoms with E-state index in [1.807, 2.05) is 0 Å². The summed E-state index contributed by atoms with van der Waals surface area (Å²) in [6.07, 6.45) is 4.44. The van der Waals surface area contributed by atoms with Crippen LogP contribution in [-0.2, 0) is 4.79 Å². The maximum absolute atomic E-state index is 11.5. The number of nitrogens with zero attached hydrogens (tertiary/aromatic N) is 2. The summed E-state index contributed by atoms with van der Waals surface area (Å²) < 4.78 is 0. The summed E-state index contributed by atoms with van der Waals surface area (Å²) in [5, 5.41) is 2.69.